The maximum atomic E-state index is 11.2. The Kier molecular flexibility index (Phi) is 5.15. The Balaban J connectivity index is 1.56. The summed E-state index contributed by atoms with van der Waals surface area (Å²) in [7, 11) is 0. The van der Waals surface area contributed by atoms with Crippen LogP contribution in [-0.4, -0.2) is 22.3 Å². The van der Waals surface area contributed by atoms with Gasteiger partial charge in [0.1, 0.15) is 0 Å². The van der Waals surface area contributed by atoms with Gasteiger partial charge in [0, 0.05) is 6.42 Å². The predicted octanol–water partition coefficient (Wildman–Crippen LogP) is 5.51. The summed E-state index contributed by atoms with van der Waals surface area (Å²) in [6.45, 7) is 7.33. The van der Waals surface area contributed by atoms with E-state index in [0.717, 1.165) is 18.8 Å². The van der Waals surface area contributed by atoms with Crippen LogP contribution in [0.5, 0.6) is 0 Å². The highest BCUT2D eigenvalue weighted by Crippen LogP contribution is 2.68. The van der Waals surface area contributed by atoms with E-state index in [1.807, 2.05) is 0 Å². The van der Waals surface area contributed by atoms with Gasteiger partial charge in [0.25, 0.3) is 0 Å². The molecule has 4 aliphatic carbocycles. The second kappa shape index (κ2) is 7.04. The highest BCUT2D eigenvalue weighted by molar-refractivity contribution is 5.66. The summed E-state index contributed by atoms with van der Waals surface area (Å²) < 4.78 is 0. The van der Waals surface area contributed by atoms with Crippen molar-refractivity contribution < 1.29 is 15.0 Å². The summed E-state index contributed by atoms with van der Waals surface area (Å²) >= 11 is 0. The first-order valence-corrected chi connectivity index (χ1v) is 11.7. The Morgan fingerprint density at radius 2 is 1.78 bits per heavy atom. The van der Waals surface area contributed by atoms with Crippen LogP contribution in [0.1, 0.15) is 91.4 Å². The lowest BCUT2D eigenvalue weighted by molar-refractivity contribution is -0.164. The highest BCUT2D eigenvalue weighted by Gasteiger charge is 2.62. The van der Waals surface area contributed by atoms with Gasteiger partial charge in [0.05, 0.1) is 6.10 Å². The number of aliphatic carboxylic acids is 1. The fourth-order valence-corrected chi connectivity index (χ4v) is 8.78. The van der Waals surface area contributed by atoms with Gasteiger partial charge in [0.15, 0.2) is 0 Å². The van der Waals surface area contributed by atoms with Gasteiger partial charge in [-0.2, -0.15) is 0 Å². The molecule has 0 aliphatic heterocycles. The summed E-state index contributed by atoms with van der Waals surface area (Å²) in [5.41, 5.74) is 0.758. The normalized spacial score (nSPS) is 50.4. The average Bonchev–Trinajstić information content (AvgIpc) is 2.97. The first kappa shape index (κ1) is 19.7. The molecule has 4 aliphatic rings. The van der Waals surface area contributed by atoms with Crippen LogP contribution in [0.25, 0.3) is 0 Å². The molecule has 9 atom stereocenters. The molecule has 0 amide bonds. The van der Waals surface area contributed by atoms with Crippen molar-refractivity contribution in [1.29, 1.82) is 0 Å². The van der Waals surface area contributed by atoms with Gasteiger partial charge < -0.3 is 10.2 Å². The number of aliphatic hydroxyl groups excluding tert-OH is 1. The summed E-state index contributed by atoms with van der Waals surface area (Å²) in [6.07, 6.45) is 12.5. The quantitative estimate of drug-likeness (QED) is 0.680. The Labute approximate surface area is 165 Å². The van der Waals surface area contributed by atoms with Gasteiger partial charge in [0.2, 0.25) is 0 Å². The lowest BCUT2D eigenvalue weighted by Gasteiger charge is -2.62. The molecular weight excluding hydrogens is 336 g/mol. The number of carboxylic acids is 1. The zero-order chi connectivity index (χ0) is 19.4. The third-order valence-electron chi connectivity index (χ3n) is 10.2. The fraction of sp³-hybridized carbons (Fsp3) is 0.958. The second-order valence-corrected chi connectivity index (χ2v) is 11.2. The minimum absolute atomic E-state index is 0.108. The van der Waals surface area contributed by atoms with Crippen molar-refractivity contribution in [3.63, 3.8) is 0 Å². The Hall–Kier alpha value is -0.570. The number of fused-ring (bicyclic) bond motifs is 5. The fourth-order valence-electron chi connectivity index (χ4n) is 8.78. The van der Waals surface area contributed by atoms with Gasteiger partial charge in [-0.05, 0) is 97.7 Å². The smallest absolute Gasteiger partial charge is 0.303 e. The Morgan fingerprint density at radius 3 is 2.52 bits per heavy atom. The lowest BCUT2D eigenvalue weighted by Crippen LogP contribution is -2.57. The molecule has 4 saturated carbocycles. The number of carboxylic acid groups (broad SMARTS) is 1. The summed E-state index contributed by atoms with van der Waals surface area (Å²) in [6, 6.07) is 0. The first-order chi connectivity index (χ1) is 12.8. The molecule has 0 aromatic carbocycles. The minimum Gasteiger partial charge on any atom is -0.481 e. The summed E-state index contributed by atoms with van der Waals surface area (Å²) in [5.74, 6) is 3.02. The highest BCUT2D eigenvalue weighted by atomic mass is 16.4. The molecule has 0 aromatic rings. The molecule has 0 bridgehead atoms. The van der Waals surface area contributed by atoms with Crippen molar-refractivity contribution in [1.82, 2.24) is 0 Å². The van der Waals surface area contributed by atoms with Crippen molar-refractivity contribution >= 4 is 5.97 Å². The van der Waals surface area contributed by atoms with Crippen molar-refractivity contribution in [2.24, 2.45) is 46.3 Å². The van der Waals surface area contributed by atoms with Crippen molar-refractivity contribution in [2.45, 2.75) is 97.5 Å². The molecule has 2 N–H and O–H groups in total. The molecule has 27 heavy (non-hydrogen) atoms. The SMILES string of the molecule is C[C@@H](CCC(=O)O)[C@H]1CCC2C3C(O)C[C@@H]4CCCC[C@]4(C)C3CC[C@@]21C. The number of aliphatic hydroxyl groups is 1. The predicted molar refractivity (Wildman–Crippen MR) is 107 cm³/mol. The maximum absolute atomic E-state index is 11.2. The molecular formula is C24H40O3. The van der Waals surface area contributed by atoms with Gasteiger partial charge in [-0.15, -0.1) is 0 Å². The standard InChI is InChI=1S/C24H40O3/c1-15(7-10-21(26)27)17-8-9-18-22-19(11-13-24(17,18)3)23(2)12-5-4-6-16(23)14-20(22)25/h15-20,22,25H,4-14H2,1-3H3,(H,26,27)/t15-,16-,17+,18?,19?,20?,22?,23-,24+/m0/s1. The topological polar surface area (TPSA) is 57.5 Å². The molecule has 4 fully saturated rings. The van der Waals surface area contributed by atoms with Crippen LogP contribution in [0, 0.1) is 46.3 Å². The van der Waals surface area contributed by atoms with Crippen molar-refractivity contribution in [2.75, 3.05) is 0 Å². The van der Waals surface area contributed by atoms with E-state index >= 15 is 0 Å². The van der Waals surface area contributed by atoms with E-state index in [1.165, 1.54) is 51.4 Å². The first-order valence-electron chi connectivity index (χ1n) is 11.7. The van der Waals surface area contributed by atoms with Gasteiger partial charge in [-0.25, -0.2) is 0 Å². The Bertz CT molecular complexity index is 574. The van der Waals surface area contributed by atoms with Gasteiger partial charge >= 0.3 is 5.97 Å². The van der Waals surface area contributed by atoms with Crippen molar-refractivity contribution in [3.8, 4) is 0 Å². The second-order valence-electron chi connectivity index (χ2n) is 11.2. The molecule has 0 aromatic heterocycles. The average molecular weight is 377 g/mol. The third-order valence-corrected chi connectivity index (χ3v) is 10.2. The number of carbonyl (C=O) groups is 1. The monoisotopic (exact) mass is 376 g/mol. The number of hydrogen-bond donors (Lipinski definition) is 2. The van der Waals surface area contributed by atoms with Crippen LogP contribution < -0.4 is 0 Å². The molecule has 4 unspecified atom stereocenters. The van der Waals surface area contributed by atoms with Crippen LogP contribution in [-0.2, 0) is 4.79 Å². The molecule has 0 heterocycles. The van der Waals surface area contributed by atoms with Crippen LogP contribution in [0.3, 0.4) is 0 Å². The van der Waals surface area contributed by atoms with E-state index in [4.69, 9.17) is 5.11 Å². The number of rotatable bonds is 4. The van der Waals surface area contributed by atoms with E-state index < -0.39 is 5.97 Å². The molecule has 3 nitrogen and oxygen atoms in total. The largest absolute Gasteiger partial charge is 0.481 e. The van der Waals surface area contributed by atoms with Crippen LogP contribution in [0.4, 0.5) is 0 Å². The van der Waals surface area contributed by atoms with E-state index in [-0.39, 0.29) is 6.10 Å². The molecule has 154 valence electrons. The van der Waals surface area contributed by atoms with Crippen LogP contribution in [0.15, 0.2) is 0 Å². The maximum Gasteiger partial charge on any atom is 0.303 e. The van der Waals surface area contributed by atoms with E-state index in [2.05, 4.69) is 20.8 Å². The zero-order valence-electron chi connectivity index (χ0n) is 17.6. The summed E-state index contributed by atoms with van der Waals surface area (Å²) in [4.78, 5) is 11.0. The lowest BCUT2D eigenvalue weighted by atomic mass is 9.44. The third kappa shape index (κ3) is 3.07. The summed E-state index contributed by atoms with van der Waals surface area (Å²) in [5, 5.41) is 20.3. The minimum atomic E-state index is -0.663. The van der Waals surface area contributed by atoms with E-state index in [9.17, 15) is 9.90 Å². The van der Waals surface area contributed by atoms with Gasteiger partial charge in [-0.3, -0.25) is 4.79 Å². The Morgan fingerprint density at radius 1 is 1.04 bits per heavy atom. The van der Waals surface area contributed by atoms with E-state index in [0.29, 0.717) is 46.8 Å². The van der Waals surface area contributed by atoms with Crippen LogP contribution >= 0.6 is 0 Å². The van der Waals surface area contributed by atoms with Crippen LogP contribution in [0.2, 0.25) is 0 Å². The van der Waals surface area contributed by atoms with E-state index in [1.54, 1.807) is 0 Å². The zero-order valence-corrected chi connectivity index (χ0v) is 17.6. The molecule has 0 radical (unpaired) electrons. The number of hydrogen-bond acceptors (Lipinski definition) is 2. The molecule has 0 saturated heterocycles. The van der Waals surface area contributed by atoms with Gasteiger partial charge in [-0.1, -0.05) is 33.6 Å². The molecule has 3 heteroatoms. The molecule has 0 spiro atoms. The van der Waals surface area contributed by atoms with Crippen molar-refractivity contribution in [3.05, 3.63) is 0 Å². The molecule has 4 rings (SSSR count).